The number of benzene rings is 1. The molecule has 2 fully saturated rings. The van der Waals surface area contributed by atoms with Crippen molar-refractivity contribution in [1.29, 1.82) is 0 Å². The number of nitrogens with one attached hydrogen (secondary N) is 1. The van der Waals surface area contributed by atoms with Gasteiger partial charge in [-0.3, -0.25) is 4.90 Å². The van der Waals surface area contributed by atoms with Crippen molar-refractivity contribution in [2.45, 2.75) is 44.2 Å². The van der Waals surface area contributed by atoms with Crippen LogP contribution in [0.3, 0.4) is 0 Å². The lowest BCUT2D eigenvalue weighted by atomic mass is 9.89. The van der Waals surface area contributed by atoms with E-state index in [4.69, 9.17) is 4.74 Å². The van der Waals surface area contributed by atoms with E-state index in [0.717, 1.165) is 61.2 Å². The lowest BCUT2D eigenvalue weighted by Gasteiger charge is -2.39. The molecule has 2 aliphatic carbocycles. The van der Waals surface area contributed by atoms with E-state index in [0.29, 0.717) is 12.1 Å². The Kier molecular flexibility index (Phi) is 5.11. The van der Waals surface area contributed by atoms with E-state index in [1.807, 2.05) is 11.6 Å². The Hall–Kier alpha value is -2.84. The van der Waals surface area contributed by atoms with Crippen LogP contribution in [0.15, 0.2) is 30.9 Å². The number of fused-ring (bicyclic) bond motifs is 3. The molecule has 1 N–H and O–H groups in total. The van der Waals surface area contributed by atoms with Gasteiger partial charge in [-0.2, -0.15) is 0 Å². The van der Waals surface area contributed by atoms with Gasteiger partial charge in [0.15, 0.2) is 5.82 Å². The fourth-order valence-corrected chi connectivity index (χ4v) is 5.50. The zero-order valence-electron chi connectivity index (χ0n) is 18.5. The third-order valence-corrected chi connectivity index (χ3v) is 7.23. The minimum Gasteiger partial charge on any atom is -0.379 e. The second-order valence-corrected chi connectivity index (χ2v) is 9.16. The Morgan fingerprint density at radius 1 is 1.06 bits per heavy atom. The lowest BCUT2D eigenvalue weighted by Crippen LogP contribution is -2.46. The van der Waals surface area contributed by atoms with Crippen molar-refractivity contribution in [3.05, 3.63) is 42.1 Å². The third-order valence-electron chi connectivity index (χ3n) is 7.23. The van der Waals surface area contributed by atoms with Gasteiger partial charge in [0.25, 0.3) is 0 Å². The average molecular weight is 432 g/mol. The van der Waals surface area contributed by atoms with Crippen molar-refractivity contribution in [3.8, 4) is 22.5 Å². The Morgan fingerprint density at radius 3 is 2.69 bits per heavy atom. The van der Waals surface area contributed by atoms with E-state index in [-0.39, 0.29) is 0 Å². The molecule has 1 aliphatic heterocycles. The number of rotatable bonds is 4. The quantitative estimate of drug-likeness (QED) is 0.532. The van der Waals surface area contributed by atoms with Gasteiger partial charge in [-0.25, -0.2) is 9.97 Å². The first-order valence-corrected chi connectivity index (χ1v) is 11.7. The monoisotopic (exact) mass is 431 g/mol. The fourth-order valence-electron chi connectivity index (χ4n) is 5.50. The van der Waals surface area contributed by atoms with Gasteiger partial charge in [-0.05, 0) is 42.9 Å². The van der Waals surface area contributed by atoms with Crippen LogP contribution in [0.25, 0.3) is 22.5 Å². The van der Waals surface area contributed by atoms with Crippen LogP contribution in [0.4, 0.5) is 5.82 Å². The molecule has 0 amide bonds. The second kappa shape index (κ2) is 8.26. The number of hydrogen-bond donors (Lipinski definition) is 1. The molecule has 2 aromatic heterocycles. The molecule has 1 saturated carbocycles. The van der Waals surface area contributed by atoms with Crippen LogP contribution in [0.5, 0.6) is 0 Å². The van der Waals surface area contributed by atoms with Gasteiger partial charge >= 0.3 is 0 Å². The predicted molar refractivity (Wildman–Crippen MR) is 122 cm³/mol. The number of morpholine rings is 1. The first-order valence-electron chi connectivity index (χ1n) is 11.7. The first-order chi connectivity index (χ1) is 15.8. The maximum atomic E-state index is 5.52. The topological polar surface area (TPSA) is 81.0 Å². The second-order valence-electron chi connectivity index (χ2n) is 9.16. The fraction of sp³-hybridized carbons (Fsp3) is 0.500. The van der Waals surface area contributed by atoms with Crippen LogP contribution >= 0.6 is 0 Å². The van der Waals surface area contributed by atoms with Crippen molar-refractivity contribution in [2.24, 2.45) is 7.05 Å². The molecule has 0 unspecified atom stereocenters. The highest BCUT2D eigenvalue weighted by Gasteiger charge is 2.29. The molecule has 0 spiro atoms. The SMILES string of the molecule is Cn1cnnc1-c1ccc2c(c1)-c1c(ncnc1NC1CCC(N3CCOCC3)CC1)C2. The summed E-state index contributed by atoms with van der Waals surface area (Å²) in [6, 6.07) is 7.69. The molecule has 32 heavy (non-hydrogen) atoms. The number of aromatic nitrogens is 5. The number of ether oxygens (including phenoxy) is 1. The highest BCUT2D eigenvalue weighted by molar-refractivity contribution is 5.86. The molecule has 166 valence electrons. The first kappa shape index (κ1) is 19.8. The summed E-state index contributed by atoms with van der Waals surface area (Å²) in [5.41, 5.74) is 5.84. The normalized spacial score (nSPS) is 23.0. The molecule has 0 bridgehead atoms. The van der Waals surface area contributed by atoms with Gasteiger partial charge in [-0.15, -0.1) is 10.2 Å². The van der Waals surface area contributed by atoms with Crippen LogP contribution in [0, 0.1) is 0 Å². The highest BCUT2D eigenvalue weighted by atomic mass is 16.5. The van der Waals surface area contributed by atoms with Gasteiger partial charge < -0.3 is 14.6 Å². The van der Waals surface area contributed by atoms with E-state index < -0.39 is 0 Å². The Morgan fingerprint density at radius 2 is 1.91 bits per heavy atom. The van der Waals surface area contributed by atoms with Crippen molar-refractivity contribution in [1.82, 2.24) is 29.6 Å². The summed E-state index contributed by atoms with van der Waals surface area (Å²) < 4.78 is 7.47. The summed E-state index contributed by atoms with van der Waals surface area (Å²) in [5, 5.41) is 12.1. The van der Waals surface area contributed by atoms with Crippen molar-refractivity contribution < 1.29 is 4.74 Å². The lowest BCUT2D eigenvalue weighted by molar-refractivity contribution is 0.00791. The standard InChI is InChI=1S/C24H29N7O/c1-30-15-27-29-24(30)17-3-2-16-13-21-22(20(16)12-17)23(26-14-25-21)28-18-4-6-19(7-5-18)31-8-10-32-11-9-31/h2-3,12,14-15,18-19H,4-11,13H2,1H3,(H,25,26,28). The summed E-state index contributed by atoms with van der Waals surface area (Å²) in [4.78, 5) is 11.9. The number of hydrogen-bond acceptors (Lipinski definition) is 7. The van der Waals surface area contributed by atoms with Gasteiger partial charge in [0.2, 0.25) is 0 Å². The van der Waals surface area contributed by atoms with E-state index in [1.54, 1.807) is 12.7 Å². The van der Waals surface area contributed by atoms with Crippen LogP contribution < -0.4 is 5.32 Å². The van der Waals surface area contributed by atoms with Gasteiger partial charge in [-0.1, -0.05) is 12.1 Å². The van der Waals surface area contributed by atoms with Crippen molar-refractivity contribution >= 4 is 5.82 Å². The van der Waals surface area contributed by atoms with Crippen molar-refractivity contribution in [2.75, 3.05) is 31.6 Å². The number of nitrogens with zero attached hydrogens (tertiary/aromatic N) is 6. The number of aryl methyl sites for hydroxylation is 1. The van der Waals surface area contributed by atoms with Gasteiger partial charge in [0.1, 0.15) is 18.5 Å². The molecule has 6 rings (SSSR count). The maximum absolute atomic E-state index is 5.52. The maximum Gasteiger partial charge on any atom is 0.163 e. The van der Waals surface area contributed by atoms with E-state index in [9.17, 15) is 0 Å². The minimum atomic E-state index is 0.456. The molecular formula is C24H29N7O. The van der Waals surface area contributed by atoms with Crippen molar-refractivity contribution in [3.63, 3.8) is 0 Å². The van der Waals surface area contributed by atoms with E-state index >= 15 is 0 Å². The molecule has 1 aromatic carbocycles. The highest BCUT2D eigenvalue weighted by Crippen LogP contribution is 2.41. The molecule has 0 atom stereocenters. The molecule has 8 nitrogen and oxygen atoms in total. The average Bonchev–Trinajstić information content (AvgIpc) is 3.43. The molecular weight excluding hydrogens is 402 g/mol. The smallest absolute Gasteiger partial charge is 0.163 e. The molecule has 3 heterocycles. The zero-order chi connectivity index (χ0) is 21.5. The Balaban J connectivity index is 1.22. The summed E-state index contributed by atoms with van der Waals surface area (Å²) >= 11 is 0. The zero-order valence-corrected chi connectivity index (χ0v) is 18.5. The minimum absolute atomic E-state index is 0.456. The van der Waals surface area contributed by atoms with Gasteiger partial charge in [0, 0.05) is 49.8 Å². The van der Waals surface area contributed by atoms with Crippen LogP contribution in [0.1, 0.15) is 36.9 Å². The Labute approximate surface area is 188 Å². The summed E-state index contributed by atoms with van der Waals surface area (Å²) in [6.07, 6.45) is 9.11. The van der Waals surface area contributed by atoms with Crippen LogP contribution in [-0.4, -0.2) is 68.0 Å². The van der Waals surface area contributed by atoms with E-state index in [1.165, 1.54) is 36.8 Å². The molecule has 8 heteroatoms. The Bertz CT molecular complexity index is 1110. The molecule has 3 aromatic rings. The summed E-state index contributed by atoms with van der Waals surface area (Å²) in [5.74, 6) is 1.84. The third kappa shape index (κ3) is 3.57. The van der Waals surface area contributed by atoms with Crippen LogP contribution in [0.2, 0.25) is 0 Å². The summed E-state index contributed by atoms with van der Waals surface area (Å²) in [6.45, 7) is 3.90. The van der Waals surface area contributed by atoms with Gasteiger partial charge in [0.05, 0.1) is 18.9 Å². The number of anilines is 1. The molecule has 3 aliphatic rings. The van der Waals surface area contributed by atoms with Crippen LogP contribution in [-0.2, 0) is 18.2 Å². The molecule has 0 radical (unpaired) electrons. The summed E-state index contributed by atoms with van der Waals surface area (Å²) in [7, 11) is 1.97. The largest absolute Gasteiger partial charge is 0.379 e. The predicted octanol–water partition coefficient (Wildman–Crippen LogP) is 2.90. The molecule has 1 saturated heterocycles. The van der Waals surface area contributed by atoms with E-state index in [2.05, 4.69) is 48.6 Å².